The van der Waals surface area contributed by atoms with Crippen molar-refractivity contribution in [1.29, 1.82) is 0 Å². The highest BCUT2D eigenvalue weighted by Crippen LogP contribution is 2.40. The van der Waals surface area contributed by atoms with E-state index in [1.807, 2.05) is 13.8 Å². The summed E-state index contributed by atoms with van der Waals surface area (Å²) in [5, 5.41) is 19.2. The van der Waals surface area contributed by atoms with E-state index in [-0.39, 0.29) is 12.4 Å². The Bertz CT molecular complexity index is 626. The van der Waals surface area contributed by atoms with Gasteiger partial charge in [-0.25, -0.2) is 14.1 Å². The fraction of sp³-hybridized carbons (Fsp3) is 0.400. The van der Waals surface area contributed by atoms with E-state index >= 15 is 0 Å². The lowest BCUT2D eigenvalue weighted by atomic mass is 9.71. The van der Waals surface area contributed by atoms with Crippen molar-refractivity contribution in [3.05, 3.63) is 48.3 Å². The maximum Gasteiger partial charge on any atom is 0.137 e. The summed E-state index contributed by atoms with van der Waals surface area (Å²) in [6, 6.07) is 5.72. The van der Waals surface area contributed by atoms with Crippen LogP contribution in [0.5, 0.6) is 0 Å². The molecule has 0 bridgehead atoms. The first-order valence-electron chi connectivity index (χ1n) is 6.77. The van der Waals surface area contributed by atoms with Gasteiger partial charge in [0.2, 0.25) is 0 Å². The number of rotatable bonds is 6. The maximum absolute atomic E-state index is 13.2. The molecular formula is C15H19FN4O2. The molecule has 0 saturated carbocycles. The Balaban J connectivity index is 2.47. The first-order valence-corrected chi connectivity index (χ1v) is 6.77. The largest absolute Gasteiger partial charge is 0.399 e. The Hall–Kier alpha value is -2.28. The van der Waals surface area contributed by atoms with Gasteiger partial charge in [-0.3, -0.25) is 0 Å². The highest BCUT2D eigenvalue weighted by molar-refractivity contribution is 5.67. The topological polar surface area (TPSA) is 72.5 Å². The third-order valence-electron chi connectivity index (χ3n) is 3.73. The molecule has 0 aliphatic rings. The minimum atomic E-state index is -1.38. The second-order valence-electron chi connectivity index (χ2n) is 5.60. The fourth-order valence-electron chi connectivity index (χ4n) is 2.23. The van der Waals surface area contributed by atoms with Crippen molar-refractivity contribution < 1.29 is 14.3 Å². The second-order valence-corrected chi connectivity index (χ2v) is 5.60. The lowest BCUT2D eigenvalue weighted by Crippen LogP contribution is -2.46. The molecule has 0 amide bonds. The number of oxime groups is 1. The molecule has 0 radical (unpaired) electrons. The molecule has 0 aliphatic heterocycles. The van der Waals surface area contributed by atoms with Crippen LogP contribution in [0.1, 0.15) is 19.4 Å². The predicted octanol–water partition coefficient (Wildman–Crippen LogP) is 1.96. The molecule has 0 fully saturated rings. The van der Waals surface area contributed by atoms with Gasteiger partial charge in [-0.2, -0.15) is 5.10 Å². The van der Waals surface area contributed by atoms with E-state index in [4.69, 9.17) is 4.84 Å². The fourth-order valence-corrected chi connectivity index (χ4v) is 2.23. The molecule has 6 nitrogen and oxygen atoms in total. The molecule has 1 unspecified atom stereocenters. The van der Waals surface area contributed by atoms with Crippen molar-refractivity contribution in [2.75, 3.05) is 7.11 Å². The summed E-state index contributed by atoms with van der Waals surface area (Å²) in [7, 11) is 1.43. The Morgan fingerprint density at radius 2 is 2.05 bits per heavy atom. The quantitative estimate of drug-likeness (QED) is 0.654. The van der Waals surface area contributed by atoms with E-state index in [0.717, 1.165) is 0 Å². The molecule has 2 rings (SSSR count). The monoisotopic (exact) mass is 306 g/mol. The summed E-state index contributed by atoms with van der Waals surface area (Å²) in [5.74, 6) is -0.366. The molecular weight excluding hydrogens is 287 g/mol. The summed E-state index contributed by atoms with van der Waals surface area (Å²) >= 11 is 0. The van der Waals surface area contributed by atoms with Gasteiger partial charge in [-0.15, -0.1) is 0 Å². The second kappa shape index (κ2) is 6.23. The molecule has 0 saturated heterocycles. The van der Waals surface area contributed by atoms with Crippen molar-refractivity contribution in [2.45, 2.75) is 26.0 Å². The van der Waals surface area contributed by atoms with E-state index in [9.17, 15) is 9.50 Å². The average molecular weight is 306 g/mol. The molecule has 2 aromatic rings. The predicted molar refractivity (Wildman–Crippen MR) is 79.6 cm³/mol. The first-order chi connectivity index (χ1) is 10.4. The average Bonchev–Trinajstić information content (AvgIpc) is 2.98. The number of halogens is 1. The lowest BCUT2D eigenvalue weighted by Gasteiger charge is -2.40. The van der Waals surface area contributed by atoms with Gasteiger partial charge in [-0.1, -0.05) is 31.1 Å². The van der Waals surface area contributed by atoms with Crippen LogP contribution < -0.4 is 0 Å². The molecule has 1 aromatic carbocycles. The van der Waals surface area contributed by atoms with Gasteiger partial charge in [-0.05, 0) is 17.7 Å². The number of aliphatic hydroxyl groups is 1. The van der Waals surface area contributed by atoms with Gasteiger partial charge in [0, 0.05) is 5.41 Å². The summed E-state index contributed by atoms with van der Waals surface area (Å²) < 4.78 is 14.7. The van der Waals surface area contributed by atoms with Crippen LogP contribution >= 0.6 is 0 Å². The van der Waals surface area contributed by atoms with Gasteiger partial charge in [0.25, 0.3) is 0 Å². The van der Waals surface area contributed by atoms with E-state index < -0.39 is 11.0 Å². The summed E-state index contributed by atoms with van der Waals surface area (Å²) in [6.07, 6.45) is 4.42. The van der Waals surface area contributed by atoms with Crippen LogP contribution in [0.2, 0.25) is 0 Å². The standard InChI is InChI=1S/C15H19FN4O2/c1-14(2,8-19-22-3)15(21,9-20-11-17-10-18-20)12-4-6-13(16)7-5-12/h4-8,10-11,21H,9H2,1-3H3. The summed E-state index contributed by atoms with van der Waals surface area (Å²) in [4.78, 5) is 8.61. The number of hydrogen-bond acceptors (Lipinski definition) is 5. The Kier molecular flexibility index (Phi) is 4.56. The zero-order valence-electron chi connectivity index (χ0n) is 12.8. The maximum atomic E-state index is 13.2. The molecule has 0 spiro atoms. The molecule has 22 heavy (non-hydrogen) atoms. The van der Waals surface area contributed by atoms with E-state index in [1.54, 1.807) is 12.1 Å². The van der Waals surface area contributed by atoms with Crippen LogP contribution in [-0.4, -0.2) is 33.2 Å². The van der Waals surface area contributed by atoms with Crippen LogP contribution in [0.15, 0.2) is 42.1 Å². The van der Waals surface area contributed by atoms with Gasteiger partial charge >= 0.3 is 0 Å². The van der Waals surface area contributed by atoms with Crippen molar-refractivity contribution in [3.8, 4) is 0 Å². The highest BCUT2D eigenvalue weighted by Gasteiger charge is 2.45. The van der Waals surface area contributed by atoms with Crippen LogP contribution in [0.4, 0.5) is 4.39 Å². The van der Waals surface area contributed by atoms with Crippen LogP contribution in [0, 0.1) is 11.2 Å². The molecule has 0 aliphatic carbocycles. The molecule has 118 valence electrons. The summed E-state index contributed by atoms with van der Waals surface area (Å²) in [6.45, 7) is 3.77. The molecule has 1 heterocycles. The zero-order valence-corrected chi connectivity index (χ0v) is 12.8. The first kappa shape index (κ1) is 16.1. The van der Waals surface area contributed by atoms with Crippen LogP contribution in [0.3, 0.4) is 0 Å². The number of hydrogen-bond donors (Lipinski definition) is 1. The van der Waals surface area contributed by atoms with Crippen molar-refractivity contribution in [1.82, 2.24) is 14.8 Å². The summed E-state index contributed by atoms with van der Waals surface area (Å²) in [5.41, 5.74) is -1.62. The van der Waals surface area contributed by atoms with E-state index in [1.165, 1.54) is 42.8 Å². The molecule has 1 aromatic heterocycles. The van der Waals surface area contributed by atoms with Crippen molar-refractivity contribution >= 4 is 6.21 Å². The minimum Gasteiger partial charge on any atom is -0.399 e. The normalized spacial score (nSPS) is 15.0. The minimum absolute atomic E-state index is 0.140. The van der Waals surface area contributed by atoms with E-state index in [2.05, 4.69) is 15.2 Å². The van der Waals surface area contributed by atoms with Crippen molar-refractivity contribution in [2.24, 2.45) is 10.6 Å². The van der Waals surface area contributed by atoms with Crippen molar-refractivity contribution in [3.63, 3.8) is 0 Å². The van der Waals surface area contributed by atoms with Gasteiger partial charge < -0.3 is 9.94 Å². The number of benzene rings is 1. The smallest absolute Gasteiger partial charge is 0.137 e. The number of nitrogens with zero attached hydrogens (tertiary/aromatic N) is 4. The molecule has 7 heteroatoms. The van der Waals surface area contributed by atoms with E-state index in [0.29, 0.717) is 5.56 Å². The SMILES string of the molecule is CON=CC(C)(C)C(O)(Cn1cncn1)c1ccc(F)cc1. The van der Waals surface area contributed by atoms with Gasteiger partial charge in [0.1, 0.15) is 31.2 Å². The molecule has 1 N–H and O–H groups in total. The lowest BCUT2D eigenvalue weighted by molar-refractivity contribution is -0.0552. The third-order valence-corrected chi connectivity index (χ3v) is 3.73. The van der Waals surface area contributed by atoms with Gasteiger partial charge in [0.15, 0.2) is 0 Å². The van der Waals surface area contributed by atoms with Gasteiger partial charge in [0.05, 0.1) is 12.8 Å². The Morgan fingerprint density at radius 3 is 2.59 bits per heavy atom. The Morgan fingerprint density at radius 1 is 1.36 bits per heavy atom. The number of aromatic nitrogens is 3. The molecule has 1 atom stereocenters. The third kappa shape index (κ3) is 3.14. The van der Waals surface area contributed by atoms with Crippen LogP contribution in [-0.2, 0) is 17.0 Å². The highest BCUT2D eigenvalue weighted by atomic mass is 19.1. The Labute approximate surface area is 128 Å². The zero-order chi connectivity index (χ0) is 16.2. The van der Waals surface area contributed by atoms with Crippen LogP contribution in [0.25, 0.3) is 0 Å².